The molecule has 2 heterocycles. The second-order valence-corrected chi connectivity index (χ2v) is 6.83. The number of thioether (sulfide) groups is 1. The molecule has 1 N–H and O–H groups in total. The summed E-state index contributed by atoms with van der Waals surface area (Å²) in [6.07, 6.45) is 0. The molecule has 0 spiro atoms. The van der Waals surface area contributed by atoms with Gasteiger partial charge in [0.15, 0.2) is 4.34 Å². The van der Waals surface area contributed by atoms with E-state index >= 15 is 0 Å². The van der Waals surface area contributed by atoms with E-state index in [1.54, 1.807) is 18.9 Å². The average molecular weight is 348 g/mol. The molecule has 1 aromatic carbocycles. The molecule has 0 fully saturated rings. The van der Waals surface area contributed by atoms with E-state index in [0.29, 0.717) is 12.4 Å². The molecule has 0 aliphatic rings. The van der Waals surface area contributed by atoms with E-state index in [1.807, 2.05) is 36.4 Å². The van der Waals surface area contributed by atoms with Gasteiger partial charge in [0, 0.05) is 25.3 Å². The van der Waals surface area contributed by atoms with Crippen LogP contribution in [-0.2, 0) is 10.5 Å². The predicted molar refractivity (Wildman–Crippen MR) is 91.8 cm³/mol. The van der Waals surface area contributed by atoms with Crippen LogP contribution < -0.4 is 5.32 Å². The molecule has 23 heavy (non-hydrogen) atoms. The van der Waals surface area contributed by atoms with Crippen molar-refractivity contribution in [3.8, 4) is 11.3 Å². The Morgan fingerprint density at radius 1 is 1.26 bits per heavy atom. The normalized spacial score (nSPS) is 10.8. The number of nitrogens with zero attached hydrogens (tertiary/aromatic N) is 3. The van der Waals surface area contributed by atoms with Crippen LogP contribution in [0.4, 0.5) is 5.13 Å². The number of nitrogens with one attached hydrogen (secondary N) is 1. The first-order valence-corrected chi connectivity index (χ1v) is 8.85. The molecule has 0 aliphatic heterocycles. The topological polar surface area (TPSA) is 73.1 Å². The molecule has 8 heteroatoms. The lowest BCUT2D eigenvalue weighted by atomic mass is 10.1. The number of ether oxygens (including phenoxy) is 1. The lowest BCUT2D eigenvalue weighted by Crippen LogP contribution is -2.06. The Morgan fingerprint density at radius 2 is 2.13 bits per heavy atom. The average Bonchev–Trinajstić information content (AvgIpc) is 3.23. The third kappa shape index (κ3) is 4.54. The number of rotatable bonds is 8. The molecule has 0 unspecified atom stereocenters. The molecule has 3 rings (SSSR count). The lowest BCUT2D eigenvalue weighted by Gasteiger charge is -1.98. The zero-order chi connectivity index (χ0) is 15.9. The molecule has 0 atom stereocenters. The first kappa shape index (κ1) is 16.0. The number of hydrogen-bond donors (Lipinski definition) is 1. The van der Waals surface area contributed by atoms with Gasteiger partial charge in [-0.05, 0) is 0 Å². The van der Waals surface area contributed by atoms with Gasteiger partial charge < -0.3 is 14.6 Å². The monoisotopic (exact) mass is 348 g/mol. The fourth-order valence-corrected chi connectivity index (χ4v) is 3.51. The van der Waals surface area contributed by atoms with E-state index in [4.69, 9.17) is 9.26 Å². The van der Waals surface area contributed by atoms with Crippen molar-refractivity contribution < 1.29 is 9.26 Å². The fraction of sp³-hybridized carbons (Fsp3) is 0.267. The van der Waals surface area contributed by atoms with Crippen molar-refractivity contribution in [2.24, 2.45) is 0 Å². The van der Waals surface area contributed by atoms with Crippen molar-refractivity contribution >= 4 is 28.2 Å². The molecule has 0 saturated carbocycles. The van der Waals surface area contributed by atoms with Gasteiger partial charge in [0.05, 0.1) is 12.4 Å². The van der Waals surface area contributed by atoms with Crippen LogP contribution in [0.15, 0.2) is 45.3 Å². The minimum atomic E-state index is 0.641. The number of anilines is 1. The van der Waals surface area contributed by atoms with Crippen molar-refractivity contribution in [2.75, 3.05) is 25.6 Å². The highest BCUT2D eigenvalue weighted by Gasteiger charge is 2.09. The summed E-state index contributed by atoms with van der Waals surface area (Å²) in [4.78, 5) is 0. The van der Waals surface area contributed by atoms with Crippen LogP contribution in [0.25, 0.3) is 11.3 Å². The second-order valence-electron chi connectivity index (χ2n) is 4.63. The summed E-state index contributed by atoms with van der Waals surface area (Å²) in [6, 6.07) is 11.9. The highest BCUT2D eigenvalue weighted by atomic mass is 32.2. The Balaban J connectivity index is 1.54. The molecular weight excluding hydrogens is 332 g/mol. The zero-order valence-corrected chi connectivity index (χ0v) is 14.2. The van der Waals surface area contributed by atoms with E-state index < -0.39 is 0 Å². The van der Waals surface area contributed by atoms with Crippen LogP contribution in [0.3, 0.4) is 0 Å². The number of methoxy groups -OCH3 is 1. The fourth-order valence-electron chi connectivity index (χ4n) is 1.86. The van der Waals surface area contributed by atoms with Crippen molar-refractivity contribution in [3.05, 3.63) is 42.2 Å². The van der Waals surface area contributed by atoms with Crippen LogP contribution in [-0.4, -0.2) is 35.6 Å². The molecule has 0 bridgehead atoms. The Bertz CT molecular complexity index is 730. The van der Waals surface area contributed by atoms with E-state index in [0.717, 1.165) is 33.0 Å². The smallest absolute Gasteiger partial charge is 0.206 e. The largest absolute Gasteiger partial charge is 0.383 e. The molecule has 3 aromatic rings. The van der Waals surface area contributed by atoms with Gasteiger partial charge in [-0.2, -0.15) is 0 Å². The van der Waals surface area contributed by atoms with Gasteiger partial charge in [-0.1, -0.05) is 58.6 Å². The molecule has 2 aromatic heterocycles. The molecule has 0 amide bonds. The van der Waals surface area contributed by atoms with Crippen LogP contribution in [0.2, 0.25) is 0 Å². The molecule has 6 nitrogen and oxygen atoms in total. The van der Waals surface area contributed by atoms with E-state index in [-0.39, 0.29) is 0 Å². The van der Waals surface area contributed by atoms with Crippen molar-refractivity contribution in [1.82, 2.24) is 15.4 Å². The summed E-state index contributed by atoms with van der Waals surface area (Å²) in [7, 11) is 1.67. The first-order chi connectivity index (χ1) is 11.3. The minimum absolute atomic E-state index is 0.641. The van der Waals surface area contributed by atoms with Gasteiger partial charge in [0.2, 0.25) is 5.13 Å². The Morgan fingerprint density at radius 3 is 2.96 bits per heavy atom. The summed E-state index contributed by atoms with van der Waals surface area (Å²) in [6.45, 7) is 1.36. The SMILES string of the molecule is COCCNc1nnc(SCc2cc(-c3ccccc3)no2)s1. The van der Waals surface area contributed by atoms with E-state index in [9.17, 15) is 0 Å². The van der Waals surface area contributed by atoms with Gasteiger partial charge in [-0.3, -0.25) is 0 Å². The van der Waals surface area contributed by atoms with Crippen LogP contribution in [0.1, 0.15) is 5.76 Å². The second kappa shape index (κ2) is 8.09. The van der Waals surface area contributed by atoms with Crippen molar-refractivity contribution in [2.45, 2.75) is 10.1 Å². The quantitative estimate of drug-likeness (QED) is 0.493. The highest BCUT2D eigenvalue weighted by molar-refractivity contribution is 8.00. The molecule has 0 aliphatic carbocycles. The van der Waals surface area contributed by atoms with Gasteiger partial charge >= 0.3 is 0 Å². The van der Waals surface area contributed by atoms with Crippen LogP contribution >= 0.6 is 23.1 Å². The van der Waals surface area contributed by atoms with Gasteiger partial charge in [-0.15, -0.1) is 10.2 Å². The van der Waals surface area contributed by atoms with Crippen molar-refractivity contribution in [3.63, 3.8) is 0 Å². The molecular formula is C15H16N4O2S2. The number of hydrogen-bond acceptors (Lipinski definition) is 8. The number of benzene rings is 1. The highest BCUT2D eigenvalue weighted by Crippen LogP contribution is 2.29. The number of aromatic nitrogens is 3. The maximum absolute atomic E-state index is 5.38. The standard InChI is InChI=1S/C15H16N4O2S2/c1-20-8-7-16-14-17-18-15(23-14)22-10-12-9-13(19-21-12)11-5-3-2-4-6-11/h2-6,9H,7-8,10H2,1H3,(H,16,17). The third-order valence-corrected chi connectivity index (χ3v) is 4.99. The van der Waals surface area contributed by atoms with Gasteiger partial charge in [-0.25, -0.2) is 0 Å². The third-order valence-electron chi connectivity index (χ3n) is 2.96. The van der Waals surface area contributed by atoms with E-state index in [2.05, 4.69) is 20.7 Å². The molecule has 120 valence electrons. The summed E-state index contributed by atoms with van der Waals surface area (Å²) in [5.41, 5.74) is 1.90. The zero-order valence-electron chi connectivity index (χ0n) is 12.6. The van der Waals surface area contributed by atoms with Crippen LogP contribution in [0.5, 0.6) is 0 Å². The summed E-state index contributed by atoms with van der Waals surface area (Å²) >= 11 is 3.10. The van der Waals surface area contributed by atoms with Crippen LogP contribution in [0, 0.1) is 0 Å². The van der Waals surface area contributed by atoms with Crippen molar-refractivity contribution in [1.29, 1.82) is 0 Å². The Kier molecular flexibility index (Phi) is 5.62. The maximum Gasteiger partial charge on any atom is 0.206 e. The molecule has 0 radical (unpaired) electrons. The Hall–Kier alpha value is -1.90. The lowest BCUT2D eigenvalue weighted by molar-refractivity contribution is 0.211. The van der Waals surface area contributed by atoms with Gasteiger partial charge in [0.25, 0.3) is 0 Å². The Labute approximate surface area is 142 Å². The van der Waals surface area contributed by atoms with Gasteiger partial charge in [0.1, 0.15) is 11.5 Å². The predicted octanol–water partition coefficient (Wildman–Crippen LogP) is 3.54. The summed E-state index contributed by atoms with van der Waals surface area (Å²) in [5.74, 6) is 1.49. The van der Waals surface area contributed by atoms with E-state index in [1.165, 1.54) is 11.3 Å². The minimum Gasteiger partial charge on any atom is -0.383 e. The maximum atomic E-state index is 5.38. The first-order valence-electron chi connectivity index (χ1n) is 7.05. The summed E-state index contributed by atoms with van der Waals surface area (Å²) < 4.78 is 11.3. The summed E-state index contributed by atoms with van der Waals surface area (Å²) in [5, 5.41) is 16.3. The molecule has 0 saturated heterocycles.